The first-order valence-corrected chi connectivity index (χ1v) is 10.5. The van der Waals surface area contributed by atoms with E-state index in [1.54, 1.807) is 11.0 Å². The van der Waals surface area contributed by atoms with E-state index in [4.69, 9.17) is 16.3 Å². The summed E-state index contributed by atoms with van der Waals surface area (Å²) >= 11 is 5.95. The number of halogens is 2. The van der Waals surface area contributed by atoms with Crippen LogP contribution in [0.1, 0.15) is 0 Å². The molecule has 9 heteroatoms. The van der Waals surface area contributed by atoms with Gasteiger partial charge in [-0.2, -0.15) is 5.10 Å². The van der Waals surface area contributed by atoms with Gasteiger partial charge in [-0.1, -0.05) is 11.6 Å². The van der Waals surface area contributed by atoms with E-state index in [2.05, 4.69) is 10.00 Å². The van der Waals surface area contributed by atoms with Crippen LogP contribution in [0.25, 0.3) is 11.3 Å². The average Bonchev–Trinajstić information content (AvgIpc) is 2.81. The van der Waals surface area contributed by atoms with Crippen LogP contribution in [0.2, 0.25) is 5.02 Å². The van der Waals surface area contributed by atoms with Gasteiger partial charge in [-0.25, -0.2) is 9.07 Å². The van der Waals surface area contributed by atoms with E-state index in [9.17, 15) is 14.0 Å². The standard InChI is InChI=1S/C23H22ClFN4O3/c1-32-18-6-7-19(20(25)14-18)21-8-9-22(30)29(26-21)15-23(31)28-12-10-27(11-13-28)17-4-2-16(24)3-5-17/h2-9,14H,10-13,15H2,1H3. The number of hydrogen-bond acceptors (Lipinski definition) is 5. The minimum absolute atomic E-state index is 0.203. The number of aromatic nitrogens is 2. The lowest BCUT2D eigenvalue weighted by Gasteiger charge is -2.36. The van der Waals surface area contributed by atoms with Gasteiger partial charge in [0.1, 0.15) is 18.1 Å². The summed E-state index contributed by atoms with van der Waals surface area (Å²) in [6.45, 7) is 2.21. The van der Waals surface area contributed by atoms with Gasteiger partial charge in [0.25, 0.3) is 5.56 Å². The molecule has 0 aliphatic carbocycles. The fourth-order valence-corrected chi connectivity index (χ4v) is 3.76. The van der Waals surface area contributed by atoms with Crippen molar-refractivity contribution in [3.63, 3.8) is 0 Å². The van der Waals surface area contributed by atoms with Crippen molar-refractivity contribution in [3.8, 4) is 17.0 Å². The van der Waals surface area contributed by atoms with Gasteiger partial charge in [0.2, 0.25) is 5.91 Å². The molecule has 1 aromatic heterocycles. The van der Waals surface area contributed by atoms with Crippen LogP contribution in [0.3, 0.4) is 0 Å². The van der Waals surface area contributed by atoms with Gasteiger partial charge in [0.15, 0.2) is 0 Å². The molecule has 2 heterocycles. The molecule has 3 aromatic rings. The van der Waals surface area contributed by atoms with Crippen molar-refractivity contribution >= 4 is 23.2 Å². The molecule has 1 fully saturated rings. The first kappa shape index (κ1) is 21.8. The Bertz CT molecular complexity index is 1170. The number of hydrogen-bond donors (Lipinski definition) is 0. The molecule has 7 nitrogen and oxygen atoms in total. The summed E-state index contributed by atoms with van der Waals surface area (Å²) in [6.07, 6.45) is 0. The summed E-state index contributed by atoms with van der Waals surface area (Å²) < 4.78 is 20.5. The molecule has 32 heavy (non-hydrogen) atoms. The maximum absolute atomic E-state index is 14.4. The summed E-state index contributed by atoms with van der Waals surface area (Å²) in [5.41, 5.74) is 1.12. The number of nitrogens with zero attached hydrogens (tertiary/aromatic N) is 4. The Morgan fingerprint density at radius 2 is 1.78 bits per heavy atom. The fraction of sp³-hybridized carbons (Fsp3) is 0.261. The number of benzene rings is 2. The molecular weight excluding hydrogens is 435 g/mol. The summed E-state index contributed by atoms with van der Waals surface area (Å²) in [7, 11) is 1.45. The zero-order valence-corrected chi connectivity index (χ0v) is 18.3. The molecule has 4 rings (SSSR count). The number of carbonyl (C=O) groups is 1. The van der Waals surface area contributed by atoms with E-state index in [1.807, 2.05) is 24.3 Å². The number of carbonyl (C=O) groups excluding carboxylic acids is 1. The number of anilines is 1. The predicted molar refractivity (Wildman–Crippen MR) is 121 cm³/mol. The molecule has 0 spiro atoms. The highest BCUT2D eigenvalue weighted by molar-refractivity contribution is 6.30. The molecular formula is C23H22ClFN4O3. The van der Waals surface area contributed by atoms with E-state index in [0.29, 0.717) is 37.0 Å². The van der Waals surface area contributed by atoms with Gasteiger partial charge in [0, 0.05) is 54.6 Å². The van der Waals surface area contributed by atoms with Crippen LogP contribution in [-0.2, 0) is 11.3 Å². The van der Waals surface area contributed by atoms with Crippen LogP contribution >= 0.6 is 11.6 Å². The third-order valence-electron chi connectivity index (χ3n) is 5.43. The Kier molecular flexibility index (Phi) is 6.41. The highest BCUT2D eigenvalue weighted by Crippen LogP contribution is 2.24. The maximum atomic E-state index is 14.4. The minimum Gasteiger partial charge on any atom is -0.497 e. The highest BCUT2D eigenvalue weighted by Gasteiger charge is 2.22. The first-order valence-electron chi connectivity index (χ1n) is 10.1. The summed E-state index contributed by atoms with van der Waals surface area (Å²) in [5, 5.41) is 4.90. The van der Waals surface area contributed by atoms with Crippen LogP contribution in [0, 0.1) is 5.82 Å². The quantitative estimate of drug-likeness (QED) is 0.590. The van der Waals surface area contributed by atoms with E-state index in [-0.39, 0.29) is 23.7 Å². The lowest BCUT2D eigenvalue weighted by Crippen LogP contribution is -2.50. The predicted octanol–water partition coefficient (Wildman–Crippen LogP) is 3.06. The lowest BCUT2D eigenvalue weighted by molar-refractivity contribution is -0.132. The van der Waals surface area contributed by atoms with E-state index >= 15 is 0 Å². The Morgan fingerprint density at radius 1 is 1.06 bits per heavy atom. The van der Waals surface area contributed by atoms with Gasteiger partial charge >= 0.3 is 0 Å². The van der Waals surface area contributed by atoms with E-state index in [1.165, 1.54) is 31.4 Å². The monoisotopic (exact) mass is 456 g/mol. The molecule has 2 aromatic carbocycles. The smallest absolute Gasteiger partial charge is 0.267 e. The SMILES string of the molecule is COc1ccc(-c2ccc(=O)n(CC(=O)N3CCN(c4ccc(Cl)cc4)CC3)n2)c(F)c1. The maximum Gasteiger partial charge on any atom is 0.267 e. The number of methoxy groups -OCH3 is 1. The Hall–Kier alpha value is -3.39. The van der Waals surface area contributed by atoms with Crippen molar-refractivity contribution in [2.75, 3.05) is 38.2 Å². The lowest BCUT2D eigenvalue weighted by atomic mass is 10.1. The molecule has 1 amide bonds. The Balaban J connectivity index is 1.44. The largest absolute Gasteiger partial charge is 0.497 e. The molecule has 1 saturated heterocycles. The molecule has 166 valence electrons. The number of ether oxygens (including phenoxy) is 1. The van der Waals surface area contributed by atoms with Crippen molar-refractivity contribution < 1.29 is 13.9 Å². The van der Waals surface area contributed by atoms with Crippen molar-refractivity contribution in [1.82, 2.24) is 14.7 Å². The molecule has 0 bridgehead atoms. The number of amides is 1. The van der Waals surface area contributed by atoms with Crippen molar-refractivity contribution in [3.05, 3.63) is 75.8 Å². The molecule has 1 aliphatic heterocycles. The van der Waals surface area contributed by atoms with Gasteiger partial charge < -0.3 is 14.5 Å². The molecule has 0 radical (unpaired) electrons. The summed E-state index contributed by atoms with van der Waals surface area (Å²) in [6, 6.07) is 14.7. The second kappa shape index (κ2) is 9.40. The van der Waals surface area contributed by atoms with Crippen LogP contribution in [0.4, 0.5) is 10.1 Å². The van der Waals surface area contributed by atoms with E-state index < -0.39 is 11.4 Å². The molecule has 0 unspecified atom stereocenters. The minimum atomic E-state index is -0.522. The van der Waals surface area contributed by atoms with Crippen LogP contribution in [-0.4, -0.2) is 53.9 Å². The van der Waals surface area contributed by atoms with Crippen LogP contribution < -0.4 is 15.2 Å². The van der Waals surface area contributed by atoms with Crippen molar-refractivity contribution in [2.45, 2.75) is 6.54 Å². The van der Waals surface area contributed by atoms with Gasteiger partial charge in [-0.3, -0.25) is 9.59 Å². The highest BCUT2D eigenvalue weighted by atomic mass is 35.5. The number of piperazine rings is 1. The second-order valence-corrected chi connectivity index (χ2v) is 7.84. The fourth-order valence-electron chi connectivity index (χ4n) is 3.63. The first-order chi connectivity index (χ1) is 15.4. The second-order valence-electron chi connectivity index (χ2n) is 7.40. The summed E-state index contributed by atoms with van der Waals surface area (Å²) in [5.74, 6) is -0.345. The average molecular weight is 457 g/mol. The zero-order chi connectivity index (χ0) is 22.7. The Morgan fingerprint density at radius 3 is 2.44 bits per heavy atom. The third-order valence-corrected chi connectivity index (χ3v) is 5.68. The number of rotatable bonds is 5. The molecule has 0 atom stereocenters. The van der Waals surface area contributed by atoms with E-state index in [0.717, 1.165) is 10.4 Å². The van der Waals surface area contributed by atoms with Crippen molar-refractivity contribution in [1.29, 1.82) is 0 Å². The molecule has 0 N–H and O–H groups in total. The molecule has 0 saturated carbocycles. The van der Waals surface area contributed by atoms with Gasteiger partial charge in [-0.05, 0) is 42.5 Å². The Labute approximate surface area is 189 Å². The van der Waals surface area contributed by atoms with Crippen LogP contribution in [0.5, 0.6) is 5.75 Å². The third kappa shape index (κ3) is 4.75. The normalized spacial score (nSPS) is 13.8. The topological polar surface area (TPSA) is 67.7 Å². The van der Waals surface area contributed by atoms with Gasteiger partial charge in [-0.15, -0.1) is 0 Å². The van der Waals surface area contributed by atoms with Gasteiger partial charge in [0.05, 0.1) is 12.8 Å². The molecule has 1 aliphatic rings. The van der Waals surface area contributed by atoms with Crippen molar-refractivity contribution in [2.24, 2.45) is 0 Å². The van der Waals surface area contributed by atoms with Crippen LogP contribution in [0.15, 0.2) is 59.4 Å². The summed E-state index contributed by atoms with van der Waals surface area (Å²) in [4.78, 5) is 29.0. The zero-order valence-electron chi connectivity index (χ0n) is 17.5.